The van der Waals surface area contributed by atoms with Crippen LogP contribution in [-0.2, 0) is 14.4 Å². The molecule has 2 N–H and O–H groups in total. The van der Waals surface area contributed by atoms with Gasteiger partial charge >= 0.3 is 24.3 Å². The summed E-state index contributed by atoms with van der Waals surface area (Å²) in [6.45, 7) is 2.21. The van der Waals surface area contributed by atoms with Gasteiger partial charge in [0.25, 0.3) is 0 Å². The molecule has 1 aromatic heterocycles. The van der Waals surface area contributed by atoms with Crippen LogP contribution >= 0.6 is 11.8 Å². The van der Waals surface area contributed by atoms with Gasteiger partial charge in [0.15, 0.2) is 0 Å². The fourth-order valence-corrected chi connectivity index (χ4v) is 4.43. The Kier molecular flexibility index (Phi) is 10.6. The number of rotatable bonds is 4. The second kappa shape index (κ2) is 12.3. The maximum absolute atomic E-state index is 12.0. The summed E-state index contributed by atoms with van der Waals surface area (Å²) in [7, 11) is 3.85. The third-order valence-electron chi connectivity index (χ3n) is 4.36. The second-order valence-electron chi connectivity index (χ2n) is 7.72. The lowest BCUT2D eigenvalue weighted by Crippen LogP contribution is -2.62. The van der Waals surface area contributed by atoms with Crippen molar-refractivity contribution in [2.24, 2.45) is 0 Å². The Balaban J connectivity index is 0.000000362. The van der Waals surface area contributed by atoms with E-state index in [-0.39, 0.29) is 16.8 Å². The highest BCUT2D eigenvalue weighted by atomic mass is 32.2. The van der Waals surface area contributed by atoms with Crippen molar-refractivity contribution in [2.45, 2.75) is 29.6 Å². The summed E-state index contributed by atoms with van der Waals surface area (Å²) in [4.78, 5) is 37.7. The van der Waals surface area contributed by atoms with Gasteiger partial charge in [-0.25, -0.2) is 9.59 Å². The minimum atomic E-state index is -5.08. The third-order valence-corrected chi connectivity index (χ3v) is 5.94. The molecule has 1 amide bonds. The minimum absolute atomic E-state index is 0.217. The molecule has 1 atom stereocenters. The molecule has 2 aliphatic heterocycles. The van der Waals surface area contributed by atoms with Crippen LogP contribution in [0.1, 0.15) is 6.42 Å². The summed E-state index contributed by atoms with van der Waals surface area (Å²) >= 11 is 1.95. The molecule has 198 valence electrons. The number of aliphatic carboxylic acids is 2. The van der Waals surface area contributed by atoms with Gasteiger partial charge in [0, 0.05) is 31.5 Å². The first-order chi connectivity index (χ1) is 15.9. The number of amides is 1. The van der Waals surface area contributed by atoms with Gasteiger partial charge in [0.1, 0.15) is 11.9 Å². The van der Waals surface area contributed by atoms with Crippen LogP contribution in [-0.4, -0.2) is 106 Å². The highest BCUT2D eigenvalue weighted by Crippen LogP contribution is 2.46. The van der Waals surface area contributed by atoms with E-state index in [9.17, 15) is 31.1 Å². The first-order valence-corrected chi connectivity index (χ1v) is 10.7. The molecule has 16 heteroatoms. The second-order valence-corrected chi connectivity index (χ2v) is 9.21. The molecule has 2 aliphatic rings. The predicted octanol–water partition coefficient (Wildman–Crippen LogP) is 2.38. The van der Waals surface area contributed by atoms with Gasteiger partial charge < -0.3 is 24.7 Å². The van der Waals surface area contributed by atoms with Crippen LogP contribution in [0, 0.1) is 0 Å². The smallest absolute Gasteiger partial charge is 0.488 e. The number of likely N-dealkylation sites (N-methyl/N-ethyl adjacent to an activating group) is 1. The third kappa shape index (κ3) is 10.6. The Morgan fingerprint density at radius 1 is 1.14 bits per heavy atom. The molecule has 1 unspecified atom stereocenters. The number of alkyl halides is 6. The van der Waals surface area contributed by atoms with E-state index >= 15 is 0 Å². The Labute approximate surface area is 200 Å². The zero-order chi connectivity index (χ0) is 27.0. The van der Waals surface area contributed by atoms with E-state index in [2.05, 4.69) is 4.98 Å². The quantitative estimate of drug-likeness (QED) is 0.560. The van der Waals surface area contributed by atoms with E-state index in [1.54, 1.807) is 12.4 Å². The lowest BCUT2D eigenvalue weighted by Gasteiger charge is -2.47. The predicted molar refractivity (Wildman–Crippen MR) is 111 cm³/mol. The van der Waals surface area contributed by atoms with Crippen molar-refractivity contribution in [3.8, 4) is 5.75 Å². The standard InChI is InChI=1S/C15H21N3O2S.2C2HF3O2/c1-17(2)8-14(19)18-10-15(11-18)6-13(9-21-15)20-12-4-3-5-16-7-12;2*3-2(4,5)1(6)7/h3-5,7,13H,6,8-11H2,1-2H3;2*(H,6,7). The number of carboxylic acid groups (broad SMARTS) is 2. The summed E-state index contributed by atoms with van der Waals surface area (Å²) in [6, 6.07) is 3.83. The van der Waals surface area contributed by atoms with Crippen LogP contribution < -0.4 is 4.74 Å². The SMILES string of the molecule is CN(C)CC(=O)N1CC2(CC(Oc3cccnc3)CS2)C1.O=C(O)C(F)(F)F.O=C(O)C(F)(F)F. The summed E-state index contributed by atoms with van der Waals surface area (Å²) in [5.74, 6) is -3.46. The highest BCUT2D eigenvalue weighted by Gasteiger charge is 2.51. The highest BCUT2D eigenvalue weighted by molar-refractivity contribution is 8.01. The molecular weight excluding hydrogens is 512 g/mol. The number of pyridine rings is 1. The number of aromatic nitrogens is 1. The van der Waals surface area contributed by atoms with Crippen LogP contribution in [0.2, 0.25) is 0 Å². The molecule has 0 radical (unpaired) electrons. The Hall–Kier alpha value is -2.75. The minimum Gasteiger partial charge on any atom is -0.488 e. The topological polar surface area (TPSA) is 120 Å². The number of hydrogen-bond donors (Lipinski definition) is 2. The van der Waals surface area contributed by atoms with Crippen LogP contribution in [0.25, 0.3) is 0 Å². The maximum atomic E-state index is 12.0. The number of carbonyl (C=O) groups is 3. The number of thioether (sulfide) groups is 1. The number of halogens is 6. The van der Waals surface area contributed by atoms with Crippen molar-refractivity contribution in [3.05, 3.63) is 24.5 Å². The van der Waals surface area contributed by atoms with Crippen molar-refractivity contribution in [1.29, 1.82) is 0 Å². The number of hydrogen-bond acceptors (Lipinski definition) is 7. The molecule has 0 aliphatic carbocycles. The number of likely N-dealkylation sites (tertiary alicyclic amines) is 1. The van der Waals surface area contributed by atoms with E-state index in [1.165, 1.54) is 0 Å². The Morgan fingerprint density at radius 2 is 1.66 bits per heavy atom. The summed E-state index contributed by atoms with van der Waals surface area (Å²) in [6.07, 6.45) is -5.43. The molecule has 0 saturated carbocycles. The number of carbonyl (C=O) groups excluding carboxylic acids is 1. The number of nitrogens with zero attached hydrogens (tertiary/aromatic N) is 3. The van der Waals surface area contributed by atoms with E-state index < -0.39 is 24.3 Å². The lowest BCUT2D eigenvalue weighted by molar-refractivity contribution is -0.193. The maximum Gasteiger partial charge on any atom is 0.490 e. The van der Waals surface area contributed by atoms with E-state index in [1.807, 2.05) is 47.8 Å². The van der Waals surface area contributed by atoms with E-state index in [0.717, 1.165) is 31.0 Å². The Bertz CT molecular complexity index is 839. The van der Waals surface area contributed by atoms with Crippen molar-refractivity contribution in [1.82, 2.24) is 14.8 Å². The molecule has 2 saturated heterocycles. The number of carboxylic acids is 2. The van der Waals surface area contributed by atoms with Gasteiger partial charge in [0.2, 0.25) is 5.91 Å². The van der Waals surface area contributed by atoms with Gasteiger partial charge in [0.05, 0.1) is 17.5 Å². The largest absolute Gasteiger partial charge is 0.490 e. The zero-order valence-electron chi connectivity index (χ0n) is 18.5. The molecule has 9 nitrogen and oxygen atoms in total. The van der Waals surface area contributed by atoms with Crippen molar-refractivity contribution in [3.63, 3.8) is 0 Å². The molecule has 1 aromatic rings. The van der Waals surface area contributed by atoms with Crippen LogP contribution in [0.4, 0.5) is 26.3 Å². The van der Waals surface area contributed by atoms with Crippen molar-refractivity contribution >= 4 is 29.6 Å². The molecule has 1 spiro atoms. The summed E-state index contributed by atoms with van der Waals surface area (Å²) in [5, 5.41) is 14.2. The van der Waals surface area contributed by atoms with E-state index in [0.29, 0.717) is 6.54 Å². The summed E-state index contributed by atoms with van der Waals surface area (Å²) in [5.41, 5.74) is 0. The first kappa shape index (κ1) is 30.3. The lowest BCUT2D eigenvalue weighted by atomic mass is 9.93. The molecule has 2 fully saturated rings. The zero-order valence-corrected chi connectivity index (χ0v) is 19.3. The molecule has 3 rings (SSSR count). The van der Waals surface area contributed by atoms with Gasteiger partial charge in [-0.1, -0.05) is 0 Å². The van der Waals surface area contributed by atoms with Crippen LogP contribution in [0.15, 0.2) is 24.5 Å². The molecule has 0 aromatic carbocycles. The number of ether oxygens (including phenoxy) is 1. The van der Waals surface area contributed by atoms with Crippen molar-refractivity contribution in [2.75, 3.05) is 39.5 Å². The Morgan fingerprint density at radius 3 is 2.06 bits per heavy atom. The van der Waals surface area contributed by atoms with Gasteiger partial charge in [-0.05, 0) is 26.2 Å². The van der Waals surface area contributed by atoms with Crippen molar-refractivity contribution < 1.29 is 55.7 Å². The van der Waals surface area contributed by atoms with Crippen LogP contribution in [0.5, 0.6) is 5.75 Å². The van der Waals surface area contributed by atoms with Gasteiger partial charge in [-0.2, -0.15) is 26.3 Å². The molecule has 35 heavy (non-hydrogen) atoms. The average Bonchev–Trinajstić information content (AvgIpc) is 3.11. The fraction of sp³-hybridized carbons (Fsp3) is 0.579. The van der Waals surface area contributed by atoms with Gasteiger partial charge in [-0.15, -0.1) is 11.8 Å². The molecule has 3 heterocycles. The molecule has 0 bridgehead atoms. The monoisotopic (exact) mass is 535 g/mol. The molecular formula is C19H23F6N3O6S. The average molecular weight is 535 g/mol. The first-order valence-electron chi connectivity index (χ1n) is 9.68. The van der Waals surface area contributed by atoms with Gasteiger partial charge in [-0.3, -0.25) is 9.78 Å². The summed E-state index contributed by atoms with van der Waals surface area (Å²) < 4.78 is 69.7. The normalized spacial score (nSPS) is 18.5. The van der Waals surface area contributed by atoms with Crippen LogP contribution in [0.3, 0.4) is 0 Å². The fourth-order valence-electron chi connectivity index (χ4n) is 2.90. The van der Waals surface area contributed by atoms with E-state index in [4.69, 9.17) is 24.5 Å².